The fourth-order valence-corrected chi connectivity index (χ4v) is 15.7. The number of esters is 2. The van der Waals surface area contributed by atoms with Gasteiger partial charge in [0, 0.05) is 16.9 Å². The Morgan fingerprint density at radius 3 is 2.07 bits per heavy atom. The SMILES string of the molecule is CC[C@H](C)C(=O)O[C@H]1[C@H](OC(=O)/C=C(/C)CCC=C(C)C)C(C)(C)C[C@H]2C3=CC[C@@H]4[C@@]5(C)CC[C@H](O[C@@H]6O[C@H](C(=O)O)[C@@H](O)[C@H](O)[C@H]6O[C@@H]6O[C@H](CO)[C@@H](O)[C@H](O)[C@H]6O)C(C)(C)[C@@H]5CC[C@@]4(C)[C@]3(C)[C@@H](O)[C@@H](O)[C@]21CO. The van der Waals surface area contributed by atoms with Crippen LogP contribution in [0.3, 0.4) is 0 Å². The first kappa shape index (κ1) is 60.7. The molecule has 10 N–H and O–H groups in total. The van der Waals surface area contributed by atoms with Gasteiger partial charge in [0.25, 0.3) is 0 Å². The molecule has 7 rings (SSSR count). The van der Waals surface area contributed by atoms with Crippen molar-refractivity contribution in [3.05, 3.63) is 34.9 Å². The van der Waals surface area contributed by atoms with Crippen molar-refractivity contribution in [2.75, 3.05) is 13.2 Å². The quantitative estimate of drug-likeness (QED) is 0.0485. The molecule has 432 valence electrons. The van der Waals surface area contributed by atoms with Crippen LogP contribution in [0.1, 0.15) is 141 Å². The summed E-state index contributed by atoms with van der Waals surface area (Å²) in [5.41, 5.74) is -2.59. The number of carboxylic acids is 1. The number of ether oxygens (including phenoxy) is 6. The van der Waals surface area contributed by atoms with Gasteiger partial charge in [0.15, 0.2) is 24.8 Å². The lowest BCUT2D eigenvalue weighted by molar-refractivity contribution is -0.374. The first-order chi connectivity index (χ1) is 35.3. The molecule has 5 aliphatic carbocycles. The zero-order chi connectivity index (χ0) is 56.6. The van der Waals surface area contributed by atoms with Crippen molar-refractivity contribution >= 4 is 17.9 Å². The summed E-state index contributed by atoms with van der Waals surface area (Å²) in [5.74, 6) is -4.12. The molecular weight excluding hydrogens is 989 g/mol. The Bertz CT molecular complexity index is 2220. The number of fused-ring (bicyclic) bond motifs is 7. The summed E-state index contributed by atoms with van der Waals surface area (Å²) < 4.78 is 36.9. The van der Waals surface area contributed by atoms with Gasteiger partial charge in [-0.1, -0.05) is 91.2 Å². The fraction of sp³-hybridized carbons (Fsp3) is 0.842. The first-order valence-corrected chi connectivity index (χ1v) is 27.6. The Morgan fingerprint density at radius 1 is 0.789 bits per heavy atom. The molecule has 23 atom stereocenters. The zero-order valence-corrected chi connectivity index (χ0v) is 46.6. The van der Waals surface area contributed by atoms with E-state index in [4.69, 9.17) is 28.4 Å². The number of carboxylic acid groups (broad SMARTS) is 1. The Kier molecular flexibility index (Phi) is 17.8. The Labute approximate surface area is 447 Å². The van der Waals surface area contributed by atoms with Crippen LogP contribution in [-0.4, -0.2) is 174 Å². The second-order valence-corrected chi connectivity index (χ2v) is 25.9. The van der Waals surface area contributed by atoms with E-state index >= 15 is 0 Å². The molecule has 2 saturated heterocycles. The number of hydrogen-bond donors (Lipinski definition) is 10. The van der Waals surface area contributed by atoms with E-state index in [-0.39, 0.29) is 11.8 Å². The van der Waals surface area contributed by atoms with Crippen molar-refractivity contribution in [1.29, 1.82) is 0 Å². The summed E-state index contributed by atoms with van der Waals surface area (Å²) >= 11 is 0. The van der Waals surface area contributed by atoms with Crippen LogP contribution in [0.25, 0.3) is 0 Å². The van der Waals surface area contributed by atoms with Crippen LogP contribution in [0.5, 0.6) is 0 Å². The third-order valence-electron chi connectivity index (χ3n) is 20.6. The van der Waals surface area contributed by atoms with Gasteiger partial charge in [-0.25, -0.2) is 9.59 Å². The van der Waals surface area contributed by atoms with Crippen LogP contribution in [0.2, 0.25) is 0 Å². The number of hydrogen-bond acceptors (Lipinski definition) is 18. The summed E-state index contributed by atoms with van der Waals surface area (Å²) in [6.45, 7) is 22.5. The number of aliphatic carboxylic acids is 1. The standard InChI is InChI=1S/C57H90O19/c1-13-29(5)49(70)76-47-46(73-36(60)23-28(4)16-14-15-27(2)3)52(6,7)24-31-30-17-18-34-54(10)21-20-35(53(8,9)33(54)19-22-55(34,11)56(30,12)44(66)45(67)57(31,47)26-59)72-51-43(40(64)39(63)42(74-51)48(68)69)75-50-41(65)38(62)37(61)32(25-58)71-50/h15,17,23,29,31-35,37-47,50-51,58-59,61-67H,13-14,16,18-22,24-26H2,1-12H3,(H,68,69)/b28-23-/t29-,31-,32+,33-,34+,35-,37+,38-,39-,40-,41+,42-,43+,44-,45+,46-,47-,50-,51+,54-,55+,56-,57-/m0/s1. The largest absolute Gasteiger partial charge is 0.479 e. The van der Waals surface area contributed by atoms with Gasteiger partial charge in [-0.3, -0.25) is 4.79 Å². The van der Waals surface area contributed by atoms with Gasteiger partial charge >= 0.3 is 17.9 Å². The molecule has 0 spiro atoms. The van der Waals surface area contributed by atoms with Crippen molar-refractivity contribution in [3.63, 3.8) is 0 Å². The van der Waals surface area contributed by atoms with Gasteiger partial charge in [0.05, 0.1) is 42.9 Å². The Morgan fingerprint density at radius 2 is 1.46 bits per heavy atom. The van der Waals surface area contributed by atoms with E-state index in [0.717, 1.165) is 23.1 Å². The second-order valence-electron chi connectivity index (χ2n) is 25.9. The molecule has 0 bridgehead atoms. The number of aliphatic hydroxyl groups excluding tert-OH is 9. The van der Waals surface area contributed by atoms with Crippen LogP contribution in [0.15, 0.2) is 34.9 Å². The maximum absolute atomic E-state index is 14.0. The summed E-state index contributed by atoms with van der Waals surface area (Å²) in [6.07, 6.45) is -13.5. The third kappa shape index (κ3) is 9.98. The number of carbonyl (C=O) groups is 3. The highest BCUT2D eigenvalue weighted by atomic mass is 16.8. The Hall–Kier alpha value is -2.89. The first-order valence-electron chi connectivity index (χ1n) is 27.6. The molecule has 0 unspecified atom stereocenters. The van der Waals surface area contributed by atoms with Crippen molar-refractivity contribution in [1.82, 2.24) is 0 Å². The van der Waals surface area contributed by atoms with E-state index in [2.05, 4.69) is 39.8 Å². The lowest BCUT2D eigenvalue weighted by atomic mass is 9.32. The maximum Gasteiger partial charge on any atom is 0.335 e. The second kappa shape index (κ2) is 22.2. The average molecular weight is 1080 g/mol. The third-order valence-corrected chi connectivity index (χ3v) is 20.6. The van der Waals surface area contributed by atoms with Crippen molar-refractivity contribution in [2.24, 2.45) is 56.2 Å². The monoisotopic (exact) mass is 1080 g/mol. The van der Waals surface area contributed by atoms with E-state index in [9.17, 15) is 65.4 Å². The fourth-order valence-electron chi connectivity index (χ4n) is 15.7. The molecule has 4 saturated carbocycles. The number of carbonyl (C=O) groups excluding carboxylic acids is 2. The minimum atomic E-state index is -2.02. The highest BCUT2D eigenvalue weighted by molar-refractivity contribution is 5.83. The van der Waals surface area contributed by atoms with Crippen LogP contribution >= 0.6 is 0 Å². The predicted octanol–water partition coefficient (Wildman–Crippen LogP) is 3.61. The van der Waals surface area contributed by atoms with Gasteiger partial charge in [0.2, 0.25) is 0 Å². The molecule has 0 radical (unpaired) electrons. The minimum absolute atomic E-state index is 0.0740. The summed E-state index contributed by atoms with van der Waals surface area (Å²) in [7, 11) is 0. The van der Waals surface area contributed by atoms with Crippen LogP contribution < -0.4 is 0 Å². The van der Waals surface area contributed by atoms with Gasteiger partial charge < -0.3 is 79.5 Å². The molecule has 2 aliphatic heterocycles. The van der Waals surface area contributed by atoms with E-state index < -0.39 is 167 Å². The van der Waals surface area contributed by atoms with Gasteiger partial charge in [0.1, 0.15) is 48.8 Å². The number of aliphatic hydroxyl groups is 9. The van der Waals surface area contributed by atoms with Gasteiger partial charge in [-0.05, 0) is 113 Å². The van der Waals surface area contributed by atoms with Gasteiger partial charge in [-0.2, -0.15) is 0 Å². The molecule has 0 aromatic carbocycles. The molecular formula is C57H90O19. The zero-order valence-electron chi connectivity index (χ0n) is 46.6. The smallest absolute Gasteiger partial charge is 0.335 e. The molecule has 76 heavy (non-hydrogen) atoms. The lowest BCUT2D eigenvalue weighted by Crippen LogP contribution is -2.76. The predicted molar refractivity (Wildman–Crippen MR) is 273 cm³/mol. The molecule has 0 aromatic heterocycles. The molecule has 7 aliphatic rings. The van der Waals surface area contributed by atoms with Crippen LogP contribution in [0, 0.1) is 56.2 Å². The molecule has 19 nitrogen and oxygen atoms in total. The molecule has 0 amide bonds. The van der Waals surface area contributed by atoms with Crippen LogP contribution in [-0.2, 0) is 42.8 Å². The highest BCUT2D eigenvalue weighted by Crippen LogP contribution is 2.76. The van der Waals surface area contributed by atoms with E-state index in [0.29, 0.717) is 51.4 Å². The summed E-state index contributed by atoms with van der Waals surface area (Å²) in [4.78, 5) is 40.2. The maximum atomic E-state index is 14.0. The van der Waals surface area contributed by atoms with Gasteiger partial charge in [-0.15, -0.1) is 0 Å². The normalized spacial score (nSPS) is 46.1. The van der Waals surface area contributed by atoms with Crippen molar-refractivity contribution in [3.8, 4) is 0 Å². The van der Waals surface area contributed by atoms with Crippen molar-refractivity contribution < 1.29 is 93.9 Å². The number of allylic oxidation sites excluding steroid dienone is 4. The topological polar surface area (TPSA) is 309 Å². The lowest BCUT2D eigenvalue weighted by Gasteiger charge is -2.73. The molecule has 0 aromatic rings. The number of rotatable bonds is 15. The highest BCUT2D eigenvalue weighted by Gasteiger charge is 2.76. The molecule has 19 heteroatoms. The van der Waals surface area contributed by atoms with Crippen molar-refractivity contribution in [2.45, 2.75) is 233 Å². The summed E-state index contributed by atoms with van der Waals surface area (Å²) in [5, 5.41) is 112. The van der Waals surface area contributed by atoms with Crippen LogP contribution in [0.4, 0.5) is 0 Å². The molecule has 2 heterocycles. The van der Waals surface area contributed by atoms with E-state index in [1.54, 1.807) is 6.92 Å². The van der Waals surface area contributed by atoms with E-state index in [1.807, 2.05) is 48.5 Å². The minimum Gasteiger partial charge on any atom is -0.479 e. The average Bonchev–Trinajstić information content (AvgIpc) is 3.34. The summed E-state index contributed by atoms with van der Waals surface area (Å²) in [6, 6.07) is 0. The molecule has 6 fully saturated rings. The Balaban J connectivity index is 1.21. The van der Waals surface area contributed by atoms with E-state index in [1.165, 1.54) is 6.08 Å².